The Morgan fingerprint density at radius 3 is 2.72 bits per heavy atom. The number of carbonyl (C=O) groups excluding carboxylic acids is 2. The lowest BCUT2D eigenvalue weighted by atomic mass is 10.2. The van der Waals surface area contributed by atoms with Crippen molar-refractivity contribution in [3.63, 3.8) is 0 Å². The molecule has 7 heteroatoms. The molecule has 2 amide bonds. The molecule has 0 bridgehead atoms. The number of para-hydroxylation sites is 2. The van der Waals surface area contributed by atoms with E-state index in [2.05, 4.69) is 15.3 Å². The highest BCUT2D eigenvalue weighted by Gasteiger charge is 2.10. The molecular formula is C18H18N4O2S. The molecule has 0 saturated heterocycles. The van der Waals surface area contributed by atoms with Crippen LogP contribution in [0.3, 0.4) is 0 Å². The molecule has 0 saturated carbocycles. The lowest BCUT2D eigenvalue weighted by Crippen LogP contribution is -2.22. The smallest absolute Gasteiger partial charge is 0.253 e. The van der Waals surface area contributed by atoms with Crippen molar-refractivity contribution < 1.29 is 9.59 Å². The summed E-state index contributed by atoms with van der Waals surface area (Å²) in [5.74, 6) is -0.0289. The van der Waals surface area contributed by atoms with Gasteiger partial charge in [0.15, 0.2) is 5.16 Å². The van der Waals surface area contributed by atoms with Gasteiger partial charge < -0.3 is 15.2 Å². The van der Waals surface area contributed by atoms with Gasteiger partial charge in [0, 0.05) is 25.3 Å². The maximum atomic E-state index is 12.1. The molecule has 0 aliphatic heterocycles. The first kappa shape index (κ1) is 17.0. The third-order valence-corrected chi connectivity index (χ3v) is 4.38. The molecule has 25 heavy (non-hydrogen) atoms. The van der Waals surface area contributed by atoms with Crippen molar-refractivity contribution in [3.8, 4) is 0 Å². The van der Waals surface area contributed by atoms with Gasteiger partial charge in [-0.15, -0.1) is 0 Å². The average molecular weight is 354 g/mol. The Labute approximate surface area is 149 Å². The quantitative estimate of drug-likeness (QED) is 0.691. The molecule has 0 aliphatic rings. The Bertz CT molecular complexity index is 887. The average Bonchev–Trinajstić information content (AvgIpc) is 3.02. The van der Waals surface area contributed by atoms with E-state index in [1.807, 2.05) is 24.3 Å². The molecular weight excluding hydrogens is 336 g/mol. The number of anilines is 1. The van der Waals surface area contributed by atoms with Crippen molar-refractivity contribution in [2.45, 2.75) is 5.16 Å². The molecule has 0 spiro atoms. The highest BCUT2D eigenvalue weighted by atomic mass is 32.2. The van der Waals surface area contributed by atoms with Gasteiger partial charge in [-0.2, -0.15) is 0 Å². The van der Waals surface area contributed by atoms with E-state index < -0.39 is 0 Å². The van der Waals surface area contributed by atoms with E-state index >= 15 is 0 Å². The first-order chi connectivity index (χ1) is 12.0. The van der Waals surface area contributed by atoms with Crippen LogP contribution >= 0.6 is 11.8 Å². The van der Waals surface area contributed by atoms with E-state index in [9.17, 15) is 9.59 Å². The van der Waals surface area contributed by atoms with Crippen molar-refractivity contribution >= 4 is 40.3 Å². The zero-order valence-electron chi connectivity index (χ0n) is 13.9. The Morgan fingerprint density at radius 1 is 1.16 bits per heavy atom. The maximum absolute atomic E-state index is 12.1. The van der Waals surface area contributed by atoms with Crippen LogP contribution in [-0.4, -0.2) is 46.5 Å². The van der Waals surface area contributed by atoms with Crippen LogP contribution in [0.15, 0.2) is 53.7 Å². The van der Waals surface area contributed by atoms with Crippen LogP contribution in [0.1, 0.15) is 10.4 Å². The summed E-state index contributed by atoms with van der Waals surface area (Å²) >= 11 is 1.34. The van der Waals surface area contributed by atoms with Gasteiger partial charge in [0.05, 0.1) is 16.8 Å². The lowest BCUT2D eigenvalue weighted by Gasteiger charge is -2.11. The van der Waals surface area contributed by atoms with Crippen molar-refractivity contribution in [1.29, 1.82) is 0 Å². The summed E-state index contributed by atoms with van der Waals surface area (Å²) in [5, 5.41) is 3.51. The predicted molar refractivity (Wildman–Crippen MR) is 99.9 cm³/mol. The van der Waals surface area contributed by atoms with Crippen molar-refractivity contribution in [3.05, 3.63) is 54.1 Å². The fraction of sp³-hybridized carbons (Fsp3) is 0.167. The number of H-pyrrole nitrogens is 1. The standard InChI is InChI=1S/C18H18N4O2S/c1-22(2)17(24)12-6-5-7-13(10-12)19-16(23)11-25-18-20-14-8-3-4-9-15(14)21-18/h3-10H,11H2,1-2H3,(H,19,23)(H,20,21). The third kappa shape index (κ3) is 4.19. The molecule has 0 unspecified atom stereocenters. The number of fused-ring (bicyclic) bond motifs is 1. The molecule has 0 radical (unpaired) electrons. The zero-order valence-corrected chi connectivity index (χ0v) is 14.8. The number of rotatable bonds is 5. The number of thioether (sulfide) groups is 1. The van der Waals surface area contributed by atoms with E-state index in [1.165, 1.54) is 16.7 Å². The number of hydrogen-bond acceptors (Lipinski definition) is 4. The highest BCUT2D eigenvalue weighted by Crippen LogP contribution is 2.19. The molecule has 0 fully saturated rings. The van der Waals surface area contributed by atoms with E-state index in [1.54, 1.807) is 38.4 Å². The molecule has 0 aliphatic carbocycles. The fourth-order valence-corrected chi connectivity index (χ4v) is 3.00. The third-order valence-electron chi connectivity index (χ3n) is 3.51. The van der Waals surface area contributed by atoms with Crippen LogP contribution in [0.2, 0.25) is 0 Å². The van der Waals surface area contributed by atoms with Gasteiger partial charge >= 0.3 is 0 Å². The summed E-state index contributed by atoms with van der Waals surface area (Å²) < 4.78 is 0. The normalized spacial score (nSPS) is 10.6. The summed E-state index contributed by atoms with van der Waals surface area (Å²) in [4.78, 5) is 33.2. The molecule has 3 rings (SSSR count). The second kappa shape index (κ2) is 7.40. The number of imidazole rings is 1. The van der Waals surface area contributed by atoms with Crippen molar-refractivity contribution in [1.82, 2.24) is 14.9 Å². The molecule has 6 nitrogen and oxygen atoms in total. The molecule has 2 aromatic carbocycles. The molecule has 128 valence electrons. The Hall–Kier alpha value is -2.80. The minimum absolute atomic E-state index is 0.104. The van der Waals surface area contributed by atoms with Gasteiger partial charge in [-0.3, -0.25) is 9.59 Å². The first-order valence-corrected chi connectivity index (χ1v) is 8.70. The number of hydrogen-bond donors (Lipinski definition) is 2. The van der Waals surface area contributed by atoms with Crippen molar-refractivity contribution in [2.24, 2.45) is 0 Å². The topological polar surface area (TPSA) is 78.1 Å². The van der Waals surface area contributed by atoms with Crippen LogP contribution in [0.5, 0.6) is 0 Å². The summed E-state index contributed by atoms with van der Waals surface area (Å²) in [6, 6.07) is 14.6. The van der Waals surface area contributed by atoms with Crippen molar-refractivity contribution in [2.75, 3.05) is 25.2 Å². The number of aromatic nitrogens is 2. The number of aromatic amines is 1. The van der Waals surface area contributed by atoms with Gasteiger partial charge in [-0.25, -0.2) is 4.98 Å². The summed E-state index contributed by atoms with van der Waals surface area (Å²) in [6.07, 6.45) is 0. The number of amides is 2. The zero-order chi connectivity index (χ0) is 17.8. The molecule has 3 aromatic rings. The number of carbonyl (C=O) groups is 2. The lowest BCUT2D eigenvalue weighted by molar-refractivity contribution is -0.113. The highest BCUT2D eigenvalue weighted by molar-refractivity contribution is 7.99. The molecule has 0 atom stereocenters. The SMILES string of the molecule is CN(C)C(=O)c1cccc(NC(=O)CSc2nc3ccccc3[nH]2)c1. The minimum atomic E-state index is -0.153. The van der Waals surface area contributed by atoms with E-state index in [-0.39, 0.29) is 17.6 Å². The fourth-order valence-electron chi connectivity index (χ4n) is 2.32. The number of nitrogens with one attached hydrogen (secondary N) is 2. The number of nitrogens with zero attached hydrogens (tertiary/aromatic N) is 2. The minimum Gasteiger partial charge on any atom is -0.345 e. The van der Waals surface area contributed by atoms with E-state index in [0.29, 0.717) is 16.4 Å². The Morgan fingerprint density at radius 2 is 1.96 bits per heavy atom. The van der Waals surface area contributed by atoms with Crippen LogP contribution < -0.4 is 5.32 Å². The van der Waals surface area contributed by atoms with Gasteiger partial charge in [0.2, 0.25) is 5.91 Å². The second-order valence-corrected chi connectivity index (χ2v) is 6.64. The molecule has 1 aromatic heterocycles. The first-order valence-electron chi connectivity index (χ1n) is 7.72. The van der Waals surface area contributed by atoms with Gasteiger partial charge in [-0.05, 0) is 30.3 Å². The van der Waals surface area contributed by atoms with Crippen LogP contribution in [-0.2, 0) is 4.79 Å². The summed E-state index contributed by atoms with van der Waals surface area (Å²) in [6.45, 7) is 0. The Kier molecular flexibility index (Phi) is 5.04. The van der Waals surface area contributed by atoms with E-state index in [0.717, 1.165) is 11.0 Å². The second-order valence-electron chi connectivity index (χ2n) is 5.68. The largest absolute Gasteiger partial charge is 0.345 e. The predicted octanol–water partition coefficient (Wildman–Crippen LogP) is 3.00. The maximum Gasteiger partial charge on any atom is 0.253 e. The van der Waals surface area contributed by atoms with Gasteiger partial charge in [-0.1, -0.05) is 30.0 Å². The van der Waals surface area contributed by atoms with Gasteiger partial charge in [0.25, 0.3) is 5.91 Å². The summed E-state index contributed by atoms with van der Waals surface area (Å²) in [5.41, 5.74) is 2.95. The van der Waals surface area contributed by atoms with Gasteiger partial charge in [0.1, 0.15) is 0 Å². The monoisotopic (exact) mass is 354 g/mol. The van der Waals surface area contributed by atoms with Crippen LogP contribution in [0.4, 0.5) is 5.69 Å². The van der Waals surface area contributed by atoms with Crippen LogP contribution in [0.25, 0.3) is 11.0 Å². The van der Waals surface area contributed by atoms with Crippen LogP contribution in [0, 0.1) is 0 Å². The van der Waals surface area contributed by atoms with E-state index in [4.69, 9.17) is 0 Å². The molecule has 1 heterocycles. The molecule has 2 N–H and O–H groups in total. The Balaban J connectivity index is 1.61. The number of benzene rings is 2. The summed E-state index contributed by atoms with van der Waals surface area (Å²) in [7, 11) is 3.38.